The van der Waals surface area contributed by atoms with E-state index in [1.165, 1.54) is 9.08 Å². The number of hydrogen-bond donors (Lipinski definition) is 1. The summed E-state index contributed by atoms with van der Waals surface area (Å²) in [4.78, 5) is 29.8. The predicted octanol–water partition coefficient (Wildman–Crippen LogP) is 3.12. The van der Waals surface area contributed by atoms with Crippen molar-refractivity contribution in [1.82, 2.24) is 19.2 Å². The number of carbonyl (C=O) groups excluding carboxylic acids is 1. The highest BCUT2D eigenvalue weighted by atomic mass is 16.2. The molecule has 0 aliphatic carbocycles. The van der Waals surface area contributed by atoms with Crippen molar-refractivity contribution in [2.75, 3.05) is 5.32 Å². The quantitative estimate of drug-likeness (QED) is 0.583. The summed E-state index contributed by atoms with van der Waals surface area (Å²) >= 11 is 0. The predicted molar refractivity (Wildman–Crippen MR) is 112 cm³/mol. The third-order valence-corrected chi connectivity index (χ3v) is 4.77. The summed E-state index contributed by atoms with van der Waals surface area (Å²) in [5.41, 5.74) is 4.47. The summed E-state index contributed by atoms with van der Waals surface area (Å²) in [5.74, 6) is 0.214. The summed E-state index contributed by atoms with van der Waals surface area (Å²) in [6, 6.07) is 17.3. The van der Waals surface area contributed by atoms with E-state index in [2.05, 4.69) is 15.4 Å². The lowest BCUT2D eigenvalue weighted by atomic mass is 10.1. The molecule has 2 aromatic carbocycles. The highest BCUT2D eigenvalue weighted by molar-refractivity contribution is 5.91. The molecule has 7 heteroatoms. The van der Waals surface area contributed by atoms with Gasteiger partial charge < -0.3 is 5.32 Å². The Hall–Kier alpha value is -3.74. The maximum absolute atomic E-state index is 12.7. The number of aryl methyl sites for hydroxylation is 3. The fourth-order valence-corrected chi connectivity index (χ4v) is 3.26. The van der Waals surface area contributed by atoms with Crippen LogP contribution in [0.25, 0.3) is 16.9 Å². The van der Waals surface area contributed by atoms with Crippen molar-refractivity contribution in [2.45, 2.75) is 27.3 Å². The van der Waals surface area contributed by atoms with E-state index in [1.807, 2.05) is 62.4 Å². The third kappa shape index (κ3) is 3.67. The van der Waals surface area contributed by atoms with Gasteiger partial charge in [-0.05, 0) is 38.0 Å². The van der Waals surface area contributed by atoms with Crippen LogP contribution in [0.5, 0.6) is 0 Å². The number of hydrogen-bond acceptors (Lipinski definition) is 4. The zero-order valence-electron chi connectivity index (χ0n) is 16.5. The van der Waals surface area contributed by atoms with E-state index in [0.29, 0.717) is 11.5 Å². The monoisotopic (exact) mass is 387 g/mol. The molecule has 0 saturated heterocycles. The Balaban J connectivity index is 1.65. The fraction of sp³-hybridized carbons (Fsp3) is 0.182. The van der Waals surface area contributed by atoms with Gasteiger partial charge in [0.15, 0.2) is 5.65 Å². The van der Waals surface area contributed by atoms with E-state index in [-0.39, 0.29) is 18.1 Å². The van der Waals surface area contributed by atoms with Crippen molar-refractivity contribution in [2.24, 2.45) is 0 Å². The van der Waals surface area contributed by atoms with E-state index >= 15 is 0 Å². The Labute approximate surface area is 167 Å². The number of carbonyl (C=O) groups is 1. The van der Waals surface area contributed by atoms with Gasteiger partial charge in [-0.15, -0.1) is 5.10 Å². The standard InChI is InChI=1S/C22H21N5O2/c1-14-9-10-15(2)18(11-14)24-21(28)13-26-22(29)27-16(3)23-19(12-20(27)25-26)17-7-5-4-6-8-17/h4-12H,13H2,1-3H3,(H,24,28). The molecule has 29 heavy (non-hydrogen) atoms. The smallest absolute Gasteiger partial charge is 0.324 e. The third-order valence-electron chi connectivity index (χ3n) is 4.77. The van der Waals surface area contributed by atoms with E-state index < -0.39 is 0 Å². The molecule has 146 valence electrons. The molecule has 4 rings (SSSR count). The second-order valence-corrected chi connectivity index (χ2v) is 7.06. The molecule has 7 nitrogen and oxygen atoms in total. The van der Waals surface area contributed by atoms with E-state index in [1.54, 1.807) is 13.0 Å². The molecule has 0 fully saturated rings. The van der Waals surface area contributed by atoms with Gasteiger partial charge in [0.25, 0.3) is 0 Å². The van der Waals surface area contributed by atoms with Gasteiger partial charge in [0, 0.05) is 17.3 Å². The largest absolute Gasteiger partial charge is 0.352 e. The Morgan fingerprint density at radius 2 is 1.79 bits per heavy atom. The number of amides is 1. The first-order chi connectivity index (χ1) is 13.9. The maximum Gasteiger partial charge on any atom is 0.352 e. The Morgan fingerprint density at radius 3 is 2.55 bits per heavy atom. The molecule has 0 unspecified atom stereocenters. The highest BCUT2D eigenvalue weighted by Crippen LogP contribution is 2.18. The SMILES string of the molecule is Cc1ccc(C)c(NC(=O)Cn2nc3cc(-c4ccccc4)nc(C)n3c2=O)c1. The van der Waals surface area contributed by atoms with Crippen molar-refractivity contribution < 1.29 is 4.79 Å². The van der Waals surface area contributed by atoms with Crippen molar-refractivity contribution >= 4 is 17.2 Å². The average molecular weight is 387 g/mol. The van der Waals surface area contributed by atoms with E-state index in [9.17, 15) is 9.59 Å². The summed E-state index contributed by atoms with van der Waals surface area (Å²) in [7, 11) is 0. The van der Waals surface area contributed by atoms with Gasteiger partial charge in [0.2, 0.25) is 5.91 Å². The van der Waals surface area contributed by atoms with Gasteiger partial charge in [-0.25, -0.2) is 18.9 Å². The summed E-state index contributed by atoms with van der Waals surface area (Å²) in [6.45, 7) is 5.46. The Morgan fingerprint density at radius 1 is 1.03 bits per heavy atom. The number of rotatable bonds is 4. The lowest BCUT2D eigenvalue weighted by molar-refractivity contribution is -0.117. The second kappa shape index (κ2) is 7.35. The van der Waals surface area contributed by atoms with Crippen LogP contribution in [0.3, 0.4) is 0 Å². The molecule has 2 aromatic heterocycles. The fourth-order valence-electron chi connectivity index (χ4n) is 3.26. The maximum atomic E-state index is 12.7. The zero-order chi connectivity index (χ0) is 20.5. The van der Waals surface area contributed by atoms with E-state index in [4.69, 9.17) is 0 Å². The van der Waals surface area contributed by atoms with Crippen molar-refractivity contribution in [3.05, 3.63) is 82.0 Å². The molecule has 0 aliphatic heterocycles. The molecular formula is C22H21N5O2. The lowest BCUT2D eigenvalue weighted by Gasteiger charge is -2.08. The molecule has 0 bridgehead atoms. The molecule has 1 N–H and O–H groups in total. The number of fused-ring (bicyclic) bond motifs is 1. The number of anilines is 1. The summed E-state index contributed by atoms with van der Waals surface area (Å²) in [5, 5.41) is 7.21. The van der Waals surface area contributed by atoms with Crippen LogP contribution in [0.15, 0.2) is 59.4 Å². The molecule has 0 saturated carbocycles. The summed E-state index contributed by atoms with van der Waals surface area (Å²) < 4.78 is 2.58. The molecule has 4 aromatic rings. The van der Waals surface area contributed by atoms with Crippen LogP contribution in [-0.2, 0) is 11.3 Å². The number of aromatic nitrogens is 4. The van der Waals surface area contributed by atoms with Gasteiger partial charge in [-0.3, -0.25) is 4.79 Å². The van der Waals surface area contributed by atoms with Crippen LogP contribution >= 0.6 is 0 Å². The van der Waals surface area contributed by atoms with Crippen LogP contribution in [0.1, 0.15) is 17.0 Å². The minimum Gasteiger partial charge on any atom is -0.324 e. The first-order valence-corrected chi connectivity index (χ1v) is 9.32. The summed E-state index contributed by atoms with van der Waals surface area (Å²) in [6.07, 6.45) is 0. The van der Waals surface area contributed by atoms with Crippen molar-refractivity contribution in [3.63, 3.8) is 0 Å². The molecule has 2 heterocycles. The van der Waals surface area contributed by atoms with Crippen molar-refractivity contribution in [3.8, 4) is 11.3 Å². The Bertz CT molecular complexity index is 1270. The number of benzene rings is 2. The number of nitrogens with zero attached hydrogens (tertiary/aromatic N) is 4. The van der Waals surface area contributed by atoms with Gasteiger partial charge in [-0.2, -0.15) is 0 Å². The first-order valence-electron chi connectivity index (χ1n) is 9.32. The molecule has 0 aliphatic rings. The van der Waals surface area contributed by atoms with Crippen LogP contribution in [0, 0.1) is 20.8 Å². The average Bonchev–Trinajstić information content (AvgIpc) is 3.01. The normalized spacial score (nSPS) is 11.0. The Kier molecular flexibility index (Phi) is 4.72. The molecular weight excluding hydrogens is 366 g/mol. The molecule has 1 amide bonds. The van der Waals surface area contributed by atoms with E-state index in [0.717, 1.165) is 28.1 Å². The molecule has 0 atom stereocenters. The first kappa shape index (κ1) is 18.6. The van der Waals surface area contributed by atoms with Gasteiger partial charge in [-0.1, -0.05) is 42.5 Å². The zero-order valence-corrected chi connectivity index (χ0v) is 16.5. The van der Waals surface area contributed by atoms with Gasteiger partial charge in [0.1, 0.15) is 12.4 Å². The van der Waals surface area contributed by atoms with Gasteiger partial charge >= 0.3 is 5.69 Å². The highest BCUT2D eigenvalue weighted by Gasteiger charge is 2.15. The van der Waals surface area contributed by atoms with Crippen LogP contribution in [0.2, 0.25) is 0 Å². The minimum atomic E-state index is -0.388. The van der Waals surface area contributed by atoms with Crippen LogP contribution < -0.4 is 11.0 Å². The second-order valence-electron chi connectivity index (χ2n) is 7.06. The van der Waals surface area contributed by atoms with Crippen LogP contribution in [-0.4, -0.2) is 25.1 Å². The van der Waals surface area contributed by atoms with Gasteiger partial charge in [0.05, 0.1) is 5.69 Å². The molecule has 0 radical (unpaired) electrons. The van der Waals surface area contributed by atoms with Crippen LogP contribution in [0.4, 0.5) is 5.69 Å². The lowest BCUT2D eigenvalue weighted by Crippen LogP contribution is -2.29. The number of nitrogens with one attached hydrogen (secondary N) is 1. The topological polar surface area (TPSA) is 81.3 Å². The van der Waals surface area contributed by atoms with Crippen molar-refractivity contribution in [1.29, 1.82) is 0 Å². The minimum absolute atomic E-state index is 0.173. The molecule has 0 spiro atoms.